The number of aliphatic hydroxyl groups excluding tert-OH is 1. The molecule has 17 heteroatoms. The molecule has 8 aromatic carbocycles. The van der Waals surface area contributed by atoms with Crippen molar-refractivity contribution in [3.63, 3.8) is 0 Å². The second-order valence-corrected chi connectivity index (χ2v) is 32.6. The van der Waals surface area contributed by atoms with Gasteiger partial charge in [0.2, 0.25) is 0 Å². The number of ketones is 8. The van der Waals surface area contributed by atoms with E-state index >= 15 is 0 Å². The van der Waals surface area contributed by atoms with Crippen LogP contribution in [0.3, 0.4) is 0 Å². The van der Waals surface area contributed by atoms with E-state index in [9.17, 15) is 43.5 Å². The molecule has 4 aliphatic rings. The maximum Gasteiger partial charge on any atom is 0.159 e. The summed E-state index contributed by atoms with van der Waals surface area (Å²) >= 11 is 0. The molecule has 0 spiro atoms. The van der Waals surface area contributed by atoms with E-state index in [0.717, 1.165) is 214 Å². The number of fused-ring (bicyclic) bond motifs is 14. The summed E-state index contributed by atoms with van der Waals surface area (Å²) in [6, 6.07) is 48.6. The van der Waals surface area contributed by atoms with E-state index < -0.39 is 0 Å². The average Bonchev–Trinajstić information content (AvgIpc) is 1.62. The van der Waals surface area contributed by atoms with Gasteiger partial charge in [-0.05, 0) is 310 Å². The van der Waals surface area contributed by atoms with Gasteiger partial charge in [-0.2, -0.15) is 0 Å². The Bertz CT molecular complexity index is 5330. The zero-order valence-electron chi connectivity index (χ0n) is 67.9. The Morgan fingerprint density at radius 3 is 0.829 bits per heavy atom. The third-order valence-electron chi connectivity index (χ3n) is 24.1. The number of nitrogens with zero attached hydrogens (tertiary/aromatic N) is 7. The lowest BCUT2D eigenvalue weighted by atomic mass is 10.0. The molecule has 2 bridgehead atoms. The molecule has 2 N–H and O–H groups in total. The van der Waals surface area contributed by atoms with Crippen molar-refractivity contribution < 1.29 is 43.5 Å². The maximum atomic E-state index is 11.9. The summed E-state index contributed by atoms with van der Waals surface area (Å²) in [5, 5.41) is 21.5. The van der Waals surface area contributed by atoms with Gasteiger partial charge in [-0.1, -0.05) is 56.4 Å². The molecule has 4 aromatic heterocycles. The number of hydrogen-bond donors (Lipinski definition) is 2. The number of carbonyl (C=O) groups is 8. The lowest BCUT2D eigenvalue weighted by molar-refractivity contribution is 0.0816. The lowest BCUT2D eigenvalue weighted by Gasteiger charge is -2.29. The number of rotatable bonds is 25. The first-order valence-electron chi connectivity index (χ1n) is 41.3. The normalized spacial score (nSPS) is 15.7. The number of aryl methyl sites for hydroxylation is 4. The number of Topliss-reactive ketones (excluding diaryl/α,β-unsaturated/α-hetero) is 8. The first kappa shape index (κ1) is 91.0. The Hall–Kier alpha value is -9.88. The zero-order valence-corrected chi connectivity index (χ0v) is 67.9. The molecule has 3 saturated heterocycles. The van der Waals surface area contributed by atoms with E-state index in [1.165, 1.54) is 64.6 Å². The minimum absolute atomic E-state index is 0. The highest BCUT2D eigenvalue weighted by atomic mass is 16.3. The van der Waals surface area contributed by atoms with Crippen LogP contribution < -0.4 is 5.32 Å². The van der Waals surface area contributed by atoms with Gasteiger partial charge in [0.1, 0.15) is 0 Å². The van der Waals surface area contributed by atoms with E-state index in [2.05, 4.69) is 76.4 Å². The molecular formula is C100H128N8O9. The molecule has 0 radical (unpaired) electrons. The number of aromatic nitrogens is 4. The van der Waals surface area contributed by atoms with E-state index in [-0.39, 0.29) is 82.1 Å². The second-order valence-electron chi connectivity index (χ2n) is 32.6. The first-order valence-corrected chi connectivity index (χ1v) is 41.3. The summed E-state index contributed by atoms with van der Waals surface area (Å²) in [5.41, 5.74) is 14.6. The summed E-state index contributed by atoms with van der Waals surface area (Å²) in [7, 11) is 0. The average molecular weight is 1590 g/mol. The Morgan fingerprint density at radius 1 is 0.333 bits per heavy atom. The summed E-state index contributed by atoms with van der Waals surface area (Å²) in [4.78, 5) is 103. The number of benzene rings is 8. The van der Waals surface area contributed by atoms with Crippen molar-refractivity contribution in [3.8, 4) is 0 Å². The molecule has 4 fully saturated rings. The van der Waals surface area contributed by atoms with Crippen molar-refractivity contribution >= 4 is 133 Å². The first-order chi connectivity index (χ1) is 54.4. The molecule has 622 valence electrons. The SMILES string of the molecule is C.C.C.C.CC(=O)c1ccc2c(c1)c1cc(C(C)=O)ccc1n2CCCN1CC2CCC1C2.CC(=O)c1ccc2c(c1)c1cc(C(C)=O)ccc1n2CCCN1CCC(O)CC1.CC(=O)c1ccc2c(c1)c1cc(C(C)=O)ccc1n2CCCN1CCCCCC1.CC(=O)c1ccc2c(c1)c1cc(C(C)=O)ccc1n2CCCNC(C)C. The Balaban J connectivity index is 0.000000176. The highest BCUT2D eigenvalue weighted by molar-refractivity contribution is 6.17. The van der Waals surface area contributed by atoms with Gasteiger partial charge in [0.15, 0.2) is 46.3 Å². The van der Waals surface area contributed by atoms with Gasteiger partial charge in [-0.15, -0.1) is 0 Å². The van der Waals surface area contributed by atoms with Gasteiger partial charge >= 0.3 is 0 Å². The summed E-state index contributed by atoms with van der Waals surface area (Å²) < 4.78 is 9.32. The zero-order chi connectivity index (χ0) is 79.9. The molecule has 2 unspecified atom stereocenters. The van der Waals surface area contributed by atoms with Crippen LogP contribution in [-0.4, -0.2) is 161 Å². The van der Waals surface area contributed by atoms with Crippen LogP contribution in [0.1, 0.15) is 265 Å². The smallest absolute Gasteiger partial charge is 0.159 e. The quantitative estimate of drug-likeness (QED) is 0.0405. The fraction of sp³-hybridized carbons (Fsp3) is 0.440. The molecule has 7 heterocycles. The molecule has 17 nitrogen and oxygen atoms in total. The third kappa shape index (κ3) is 20.8. The van der Waals surface area contributed by atoms with E-state index in [4.69, 9.17) is 0 Å². The van der Waals surface area contributed by atoms with Crippen LogP contribution in [0.2, 0.25) is 0 Å². The van der Waals surface area contributed by atoms with Crippen LogP contribution in [0.5, 0.6) is 0 Å². The van der Waals surface area contributed by atoms with Gasteiger partial charge in [0, 0.05) is 196 Å². The summed E-state index contributed by atoms with van der Waals surface area (Å²) in [6.07, 6.45) is 15.4. The van der Waals surface area contributed by atoms with Crippen LogP contribution in [0.15, 0.2) is 146 Å². The number of piperidine rings is 2. The van der Waals surface area contributed by atoms with Gasteiger partial charge < -0.3 is 43.4 Å². The molecule has 117 heavy (non-hydrogen) atoms. The standard InChI is InChI=1S/C25H28N2O2.C25H30N2O2.C24H28N2O3.C22H26N2O2.4CH4/c1-16(28)19-5-8-24-22(13-19)23-14-20(17(2)29)6-9-25(23)27(24)11-3-10-26-15-18-4-7-21(26)12-18;1-18(28)20-8-10-24-22(16-20)23-17-21(19(2)29)9-11-25(23)27(24)15-7-14-26-12-5-3-4-6-13-26;1-16(27)18-4-6-23-21(14-18)22-15-19(17(2)28)5-7-24(22)26(23)11-3-10-25-12-8-20(29)9-13-25;1-14(2)23-10-5-11-24-21-8-6-17(15(3)25)12-19(21)20-13-18(16(4)26)7-9-22(20)24;;;;/h5-6,8-9,13-14,18,21H,3-4,7,10-12,15H2,1-2H3;8-11,16-17H,3-7,12-15H2,1-2H3;4-7,14-15,20,29H,3,8-13H2,1-2H3;6-9,12-14,23H,5,10-11H2,1-4H3;4*1H4. The van der Waals surface area contributed by atoms with Crippen LogP contribution in [0.25, 0.3) is 87.2 Å². The Morgan fingerprint density at radius 2 is 0.590 bits per heavy atom. The molecule has 3 aliphatic heterocycles. The van der Waals surface area contributed by atoms with E-state index in [0.29, 0.717) is 39.4 Å². The lowest BCUT2D eigenvalue weighted by Crippen LogP contribution is -2.36. The van der Waals surface area contributed by atoms with E-state index in [1.807, 2.05) is 121 Å². The number of likely N-dealkylation sites (tertiary alicyclic amines) is 3. The van der Waals surface area contributed by atoms with Crippen molar-refractivity contribution in [1.82, 2.24) is 38.3 Å². The molecule has 1 saturated carbocycles. The third-order valence-corrected chi connectivity index (χ3v) is 24.1. The van der Waals surface area contributed by atoms with Crippen molar-refractivity contribution in [3.05, 3.63) is 190 Å². The van der Waals surface area contributed by atoms with Crippen molar-refractivity contribution in [1.29, 1.82) is 0 Å². The largest absolute Gasteiger partial charge is 0.393 e. The van der Waals surface area contributed by atoms with Gasteiger partial charge in [-0.25, -0.2) is 0 Å². The number of hydrogen-bond acceptors (Lipinski definition) is 13. The molecule has 1 aliphatic carbocycles. The summed E-state index contributed by atoms with van der Waals surface area (Å²) in [6.45, 7) is 30.5. The second kappa shape index (κ2) is 40.5. The highest BCUT2D eigenvalue weighted by Crippen LogP contribution is 2.39. The fourth-order valence-electron chi connectivity index (χ4n) is 17.9. The van der Waals surface area contributed by atoms with Gasteiger partial charge in [-0.3, -0.25) is 38.4 Å². The molecule has 2 atom stereocenters. The molecule has 16 rings (SSSR count). The topological polar surface area (TPSA) is 198 Å². The Labute approximate surface area is 693 Å². The van der Waals surface area contributed by atoms with Crippen LogP contribution in [0, 0.1) is 5.92 Å². The van der Waals surface area contributed by atoms with Crippen LogP contribution in [-0.2, 0) is 26.2 Å². The van der Waals surface area contributed by atoms with E-state index in [1.54, 1.807) is 55.4 Å². The number of nitrogens with one attached hydrogen (secondary N) is 1. The Kier molecular flexibility index (Phi) is 31.5. The maximum absolute atomic E-state index is 11.9. The van der Waals surface area contributed by atoms with Crippen LogP contribution >= 0.6 is 0 Å². The molecule has 0 amide bonds. The molecule has 12 aromatic rings. The number of aliphatic hydroxyl groups is 1. The van der Waals surface area contributed by atoms with Crippen LogP contribution in [0.4, 0.5) is 0 Å². The van der Waals surface area contributed by atoms with Crippen molar-refractivity contribution in [2.75, 3.05) is 58.9 Å². The fourth-order valence-corrected chi connectivity index (χ4v) is 17.9. The van der Waals surface area contributed by atoms with Crippen molar-refractivity contribution in [2.24, 2.45) is 5.92 Å². The predicted molar refractivity (Wildman–Crippen MR) is 486 cm³/mol. The summed E-state index contributed by atoms with van der Waals surface area (Å²) in [5.74, 6) is 1.40. The minimum atomic E-state index is -0.144. The number of carbonyl (C=O) groups excluding carboxylic acids is 8. The van der Waals surface area contributed by atoms with Gasteiger partial charge in [0.25, 0.3) is 0 Å². The van der Waals surface area contributed by atoms with Crippen molar-refractivity contribution in [2.45, 2.75) is 227 Å². The molecular weight excluding hydrogens is 1460 g/mol. The monoisotopic (exact) mass is 1580 g/mol. The predicted octanol–water partition coefficient (Wildman–Crippen LogP) is 21.7. The highest BCUT2D eigenvalue weighted by Gasteiger charge is 2.37. The van der Waals surface area contributed by atoms with Gasteiger partial charge in [0.05, 0.1) is 6.10 Å². The minimum Gasteiger partial charge on any atom is -0.393 e.